The van der Waals surface area contributed by atoms with E-state index in [1.54, 1.807) is 12.5 Å². The van der Waals surface area contributed by atoms with Crippen molar-refractivity contribution in [2.45, 2.75) is 80.2 Å². The number of hydrogen-bond acceptors (Lipinski definition) is 4. The average molecular weight is 458 g/mol. The third-order valence-electron chi connectivity index (χ3n) is 6.51. The molecule has 0 amide bonds. The number of nitrogens with zero attached hydrogens (tertiary/aromatic N) is 1. The predicted octanol–water partition coefficient (Wildman–Crippen LogP) is 7.71. The van der Waals surface area contributed by atoms with Gasteiger partial charge < -0.3 is 0 Å². The molecule has 31 heavy (non-hydrogen) atoms. The minimum Gasteiger partial charge on any atom is -0.295 e. The Hall–Kier alpha value is -0.970. The zero-order chi connectivity index (χ0) is 22.8. The monoisotopic (exact) mass is 457 g/mol. The van der Waals surface area contributed by atoms with E-state index in [-0.39, 0.29) is 5.78 Å². The smallest absolute Gasteiger partial charge is 0.157 e. The van der Waals surface area contributed by atoms with Gasteiger partial charge in [0.1, 0.15) is 0 Å². The summed E-state index contributed by atoms with van der Waals surface area (Å²) in [6.07, 6.45) is 5.45. The molecule has 0 saturated carbocycles. The largest absolute Gasteiger partial charge is 0.295 e. The van der Waals surface area contributed by atoms with E-state index < -0.39 is 0 Å². The van der Waals surface area contributed by atoms with Crippen molar-refractivity contribution >= 4 is 35.3 Å². The molecule has 0 atom stereocenters. The quantitative estimate of drug-likeness (QED) is 0.349. The van der Waals surface area contributed by atoms with Gasteiger partial charge >= 0.3 is 0 Å². The number of thioether (sulfide) groups is 1. The fourth-order valence-corrected chi connectivity index (χ4v) is 6.17. The molecule has 0 spiro atoms. The summed E-state index contributed by atoms with van der Waals surface area (Å²) in [4.78, 5) is 14.0. The van der Waals surface area contributed by atoms with Crippen LogP contribution < -0.4 is 0 Å². The zero-order valence-corrected chi connectivity index (χ0v) is 21.9. The van der Waals surface area contributed by atoms with Gasteiger partial charge in [0, 0.05) is 29.3 Å². The third-order valence-corrected chi connectivity index (χ3v) is 8.10. The Morgan fingerprint density at radius 3 is 2.58 bits per heavy atom. The van der Waals surface area contributed by atoms with Gasteiger partial charge in [-0.25, -0.2) is 4.31 Å². The van der Waals surface area contributed by atoms with Gasteiger partial charge in [-0.3, -0.25) is 4.79 Å². The molecule has 0 radical (unpaired) electrons. The molecule has 0 fully saturated rings. The lowest BCUT2D eigenvalue weighted by Crippen LogP contribution is -2.19. The normalized spacial score (nSPS) is 19.5. The Labute approximate surface area is 199 Å². The van der Waals surface area contributed by atoms with Crippen LogP contribution in [0.25, 0.3) is 4.91 Å². The van der Waals surface area contributed by atoms with Crippen LogP contribution in [0, 0.1) is 10.8 Å². The number of carbonyl (C=O) groups is 1. The summed E-state index contributed by atoms with van der Waals surface area (Å²) in [5.41, 5.74) is 7.20. The molecule has 1 aliphatic heterocycles. The summed E-state index contributed by atoms with van der Waals surface area (Å²) in [7, 11) is 0. The lowest BCUT2D eigenvalue weighted by atomic mass is 9.73. The standard InChI is InChI=1S/C27H39NOS2/c1-19(29)24-15-22-16-27(5,6)12-11-21(22)18-31-25(24)23-10-8-7-9-20(23)17-28(30)14-13-26(2,3)4/h7-10,30H,11-18H2,1-6H3. The Morgan fingerprint density at radius 2 is 1.90 bits per heavy atom. The highest BCUT2D eigenvalue weighted by atomic mass is 32.2. The fraction of sp³-hybridized carbons (Fsp3) is 0.593. The minimum absolute atomic E-state index is 0.213. The summed E-state index contributed by atoms with van der Waals surface area (Å²) in [5, 5.41) is 0. The van der Waals surface area contributed by atoms with Crippen molar-refractivity contribution in [3.63, 3.8) is 0 Å². The zero-order valence-electron chi connectivity index (χ0n) is 20.2. The van der Waals surface area contributed by atoms with E-state index in [4.69, 9.17) is 12.8 Å². The maximum atomic E-state index is 12.8. The van der Waals surface area contributed by atoms with Gasteiger partial charge in [-0.05, 0) is 61.0 Å². The maximum Gasteiger partial charge on any atom is 0.157 e. The maximum absolute atomic E-state index is 12.8. The van der Waals surface area contributed by atoms with Crippen LogP contribution in [0.3, 0.4) is 0 Å². The first-order valence-corrected chi connectivity index (χ1v) is 12.9. The van der Waals surface area contributed by atoms with Crippen LogP contribution >= 0.6 is 24.6 Å². The van der Waals surface area contributed by atoms with E-state index in [1.165, 1.54) is 34.4 Å². The fourth-order valence-electron chi connectivity index (χ4n) is 4.50. The highest BCUT2D eigenvalue weighted by molar-refractivity contribution is 8.08. The second kappa shape index (κ2) is 9.89. The van der Waals surface area contributed by atoms with E-state index in [1.807, 2.05) is 11.8 Å². The van der Waals surface area contributed by atoms with Crippen LogP contribution in [0.15, 0.2) is 41.0 Å². The van der Waals surface area contributed by atoms with Gasteiger partial charge in [0.15, 0.2) is 5.78 Å². The molecular weight excluding hydrogens is 418 g/mol. The molecule has 0 unspecified atom stereocenters. The second-order valence-electron chi connectivity index (χ2n) is 11.2. The number of rotatable bonds is 6. The van der Waals surface area contributed by atoms with Gasteiger partial charge in [0.25, 0.3) is 0 Å². The number of hydrogen-bond donors (Lipinski definition) is 1. The molecule has 1 aromatic rings. The van der Waals surface area contributed by atoms with Gasteiger partial charge in [0.2, 0.25) is 0 Å². The molecule has 170 valence electrons. The van der Waals surface area contributed by atoms with E-state index in [0.717, 1.165) is 43.7 Å². The van der Waals surface area contributed by atoms with Gasteiger partial charge in [-0.2, -0.15) is 0 Å². The Bertz CT molecular complexity index is 889. The van der Waals surface area contributed by atoms with Crippen molar-refractivity contribution in [2.75, 3.05) is 12.3 Å². The van der Waals surface area contributed by atoms with Crippen LogP contribution in [-0.2, 0) is 11.3 Å². The van der Waals surface area contributed by atoms with Crippen LogP contribution in [0.1, 0.15) is 84.8 Å². The first-order valence-electron chi connectivity index (χ1n) is 11.5. The number of benzene rings is 1. The first kappa shape index (κ1) is 24.7. The van der Waals surface area contributed by atoms with Gasteiger partial charge in [0.05, 0.1) is 0 Å². The van der Waals surface area contributed by atoms with Crippen LogP contribution in [0.2, 0.25) is 0 Å². The summed E-state index contributed by atoms with van der Waals surface area (Å²) in [6, 6.07) is 8.59. The van der Waals surface area contributed by atoms with Gasteiger partial charge in [-0.1, -0.05) is 82.8 Å². The van der Waals surface area contributed by atoms with E-state index >= 15 is 0 Å². The summed E-state index contributed by atoms with van der Waals surface area (Å²) in [6.45, 7) is 15.0. The summed E-state index contributed by atoms with van der Waals surface area (Å²) in [5.74, 6) is 1.23. The molecule has 0 aromatic heterocycles. The predicted molar refractivity (Wildman–Crippen MR) is 139 cm³/mol. The SMILES string of the molecule is CC(=O)C1=C(c2ccccc2CN(S)CCC(C)(C)C)SCC2=C(C1)CC(C)(C)CC2. The summed E-state index contributed by atoms with van der Waals surface area (Å²) >= 11 is 6.65. The third kappa shape index (κ3) is 6.76. The summed E-state index contributed by atoms with van der Waals surface area (Å²) < 4.78 is 2.12. The molecule has 0 bridgehead atoms. The van der Waals surface area contributed by atoms with Crippen molar-refractivity contribution in [1.29, 1.82) is 0 Å². The van der Waals surface area contributed by atoms with E-state index in [2.05, 4.69) is 63.2 Å². The molecule has 2 aliphatic rings. The topological polar surface area (TPSA) is 20.3 Å². The lowest BCUT2D eigenvalue weighted by Gasteiger charge is -2.33. The molecule has 4 heteroatoms. The van der Waals surface area contributed by atoms with Crippen molar-refractivity contribution < 1.29 is 4.79 Å². The average Bonchev–Trinajstić information content (AvgIpc) is 2.85. The van der Waals surface area contributed by atoms with Crippen LogP contribution in [0.5, 0.6) is 0 Å². The molecule has 0 saturated heterocycles. The van der Waals surface area contributed by atoms with Crippen LogP contribution in [0.4, 0.5) is 0 Å². The highest BCUT2D eigenvalue weighted by Crippen LogP contribution is 2.47. The Morgan fingerprint density at radius 1 is 1.19 bits per heavy atom. The number of carbonyl (C=O) groups excluding carboxylic acids is 1. The molecule has 0 N–H and O–H groups in total. The molecule has 3 rings (SSSR count). The highest BCUT2D eigenvalue weighted by Gasteiger charge is 2.31. The second-order valence-corrected chi connectivity index (χ2v) is 12.8. The van der Waals surface area contributed by atoms with Crippen molar-refractivity contribution in [2.24, 2.45) is 10.8 Å². The molecule has 1 heterocycles. The van der Waals surface area contributed by atoms with Crippen molar-refractivity contribution in [1.82, 2.24) is 4.31 Å². The minimum atomic E-state index is 0.213. The van der Waals surface area contributed by atoms with Gasteiger partial charge in [-0.15, -0.1) is 11.8 Å². The number of thiol groups is 1. The van der Waals surface area contributed by atoms with E-state index in [0.29, 0.717) is 10.8 Å². The Balaban J connectivity index is 1.90. The molecule has 2 nitrogen and oxygen atoms in total. The number of ketones is 1. The lowest BCUT2D eigenvalue weighted by molar-refractivity contribution is -0.113. The van der Waals surface area contributed by atoms with Crippen molar-refractivity contribution in [3.8, 4) is 0 Å². The van der Waals surface area contributed by atoms with Crippen LogP contribution in [-0.4, -0.2) is 22.4 Å². The number of Topliss-reactive ketones (excluding diaryl/α,β-unsaturated/α-hetero) is 1. The number of allylic oxidation sites excluding steroid dienone is 2. The van der Waals surface area contributed by atoms with E-state index in [9.17, 15) is 4.79 Å². The Kier molecular flexibility index (Phi) is 7.87. The molecule has 1 aromatic carbocycles. The van der Waals surface area contributed by atoms with Crippen molar-refractivity contribution in [3.05, 3.63) is 52.1 Å². The first-order chi connectivity index (χ1) is 14.5. The molecule has 1 aliphatic carbocycles. The molecular formula is C27H39NOS2.